The van der Waals surface area contributed by atoms with Crippen LogP contribution in [0, 0.1) is 0 Å². The van der Waals surface area contributed by atoms with Crippen LogP contribution < -0.4 is 10.6 Å². The highest BCUT2D eigenvalue weighted by molar-refractivity contribution is 5.92. The minimum Gasteiger partial charge on any atom is -0.325 e. The van der Waals surface area contributed by atoms with Gasteiger partial charge in [0.25, 0.3) is 0 Å². The van der Waals surface area contributed by atoms with E-state index in [0.29, 0.717) is 31.8 Å². The Hall–Kier alpha value is -1.81. The predicted octanol–water partition coefficient (Wildman–Crippen LogP) is 2.96. The zero-order chi connectivity index (χ0) is 18.8. The summed E-state index contributed by atoms with van der Waals surface area (Å²) in [4.78, 5) is 13.8. The third-order valence-corrected chi connectivity index (χ3v) is 3.86. The fourth-order valence-corrected chi connectivity index (χ4v) is 2.53. The summed E-state index contributed by atoms with van der Waals surface area (Å²) >= 11 is 0. The van der Waals surface area contributed by atoms with Gasteiger partial charge in [-0.3, -0.25) is 9.69 Å². The number of amides is 1. The summed E-state index contributed by atoms with van der Waals surface area (Å²) in [7, 11) is 0. The highest BCUT2D eigenvalue weighted by atomic mass is 19.4. The Balaban J connectivity index is 2.18. The van der Waals surface area contributed by atoms with E-state index in [1.54, 1.807) is 4.90 Å². The normalized spacial score (nSPS) is 19.7. The van der Waals surface area contributed by atoms with Crippen LogP contribution in [0.2, 0.25) is 0 Å². The van der Waals surface area contributed by atoms with E-state index >= 15 is 0 Å². The number of alkyl halides is 6. The van der Waals surface area contributed by atoms with E-state index in [9.17, 15) is 31.1 Å². The van der Waals surface area contributed by atoms with Crippen molar-refractivity contribution in [2.45, 2.75) is 25.3 Å². The lowest BCUT2D eigenvalue weighted by Crippen LogP contribution is -2.52. The fourth-order valence-electron chi connectivity index (χ4n) is 2.53. The van der Waals surface area contributed by atoms with Crippen LogP contribution in [0.3, 0.4) is 0 Å². The number of rotatable bonds is 3. The smallest absolute Gasteiger partial charge is 0.325 e. The zero-order valence-electron chi connectivity index (χ0n) is 13.3. The summed E-state index contributed by atoms with van der Waals surface area (Å²) in [5, 5.41) is 5.25. The van der Waals surface area contributed by atoms with Crippen LogP contribution in [0.4, 0.5) is 32.0 Å². The molecule has 0 unspecified atom stereocenters. The Bertz CT molecular complexity index is 596. The highest BCUT2D eigenvalue weighted by Gasteiger charge is 2.37. The number of benzene rings is 1. The lowest BCUT2D eigenvalue weighted by Gasteiger charge is -2.33. The molecule has 1 aromatic rings. The molecule has 1 aliphatic rings. The molecule has 2 rings (SSSR count). The van der Waals surface area contributed by atoms with E-state index in [-0.39, 0.29) is 18.7 Å². The van der Waals surface area contributed by atoms with E-state index < -0.39 is 35.1 Å². The molecule has 1 aliphatic heterocycles. The topological polar surface area (TPSA) is 44.4 Å². The number of piperazine rings is 1. The number of halogens is 6. The van der Waals surface area contributed by atoms with Crippen LogP contribution in [-0.2, 0) is 17.1 Å². The van der Waals surface area contributed by atoms with Crippen LogP contribution in [0.25, 0.3) is 0 Å². The molecule has 0 aromatic heterocycles. The Morgan fingerprint density at radius 3 is 2.20 bits per heavy atom. The van der Waals surface area contributed by atoms with Gasteiger partial charge in [-0.15, -0.1) is 0 Å². The molecule has 1 heterocycles. The maximum absolute atomic E-state index is 12.8. The van der Waals surface area contributed by atoms with Gasteiger partial charge in [-0.1, -0.05) is 0 Å². The second kappa shape index (κ2) is 7.20. The molecule has 1 atom stereocenters. The minimum absolute atomic E-state index is 0.0219. The Morgan fingerprint density at radius 2 is 1.72 bits per heavy atom. The Morgan fingerprint density at radius 1 is 1.16 bits per heavy atom. The molecule has 1 aromatic carbocycles. The molecule has 140 valence electrons. The van der Waals surface area contributed by atoms with E-state index in [0.717, 1.165) is 0 Å². The second-order valence-electron chi connectivity index (χ2n) is 5.87. The van der Waals surface area contributed by atoms with Crippen LogP contribution in [0.1, 0.15) is 18.1 Å². The van der Waals surface area contributed by atoms with Gasteiger partial charge in [0.05, 0.1) is 17.7 Å². The lowest BCUT2D eigenvalue weighted by atomic mass is 10.1. The largest absolute Gasteiger partial charge is 0.416 e. The number of anilines is 1. The van der Waals surface area contributed by atoms with Crippen molar-refractivity contribution in [3.63, 3.8) is 0 Å². The van der Waals surface area contributed by atoms with E-state index in [1.807, 2.05) is 6.92 Å². The first-order valence-electron chi connectivity index (χ1n) is 7.51. The van der Waals surface area contributed by atoms with Crippen molar-refractivity contribution in [1.29, 1.82) is 0 Å². The van der Waals surface area contributed by atoms with Crippen LogP contribution in [0.15, 0.2) is 18.2 Å². The zero-order valence-corrected chi connectivity index (χ0v) is 13.3. The summed E-state index contributed by atoms with van der Waals surface area (Å²) in [6, 6.07) is 1.04. The molecule has 0 bridgehead atoms. The number of hydrogen-bond donors (Lipinski definition) is 2. The first kappa shape index (κ1) is 19.5. The molecule has 0 spiro atoms. The van der Waals surface area contributed by atoms with Gasteiger partial charge in [0.15, 0.2) is 0 Å². The van der Waals surface area contributed by atoms with Gasteiger partial charge < -0.3 is 10.6 Å². The first-order chi connectivity index (χ1) is 11.5. The lowest BCUT2D eigenvalue weighted by molar-refractivity contribution is -0.143. The van der Waals surface area contributed by atoms with E-state index in [2.05, 4.69) is 10.6 Å². The second-order valence-corrected chi connectivity index (χ2v) is 5.87. The van der Waals surface area contributed by atoms with Gasteiger partial charge in [0.2, 0.25) is 5.91 Å². The summed E-state index contributed by atoms with van der Waals surface area (Å²) in [6.07, 6.45) is -9.90. The van der Waals surface area contributed by atoms with Crippen molar-refractivity contribution >= 4 is 11.6 Å². The molecule has 1 amide bonds. The maximum atomic E-state index is 12.8. The van der Waals surface area contributed by atoms with Gasteiger partial charge in [-0.25, -0.2) is 0 Å². The van der Waals surface area contributed by atoms with Gasteiger partial charge in [-0.05, 0) is 25.1 Å². The molecule has 0 radical (unpaired) electrons. The monoisotopic (exact) mass is 369 g/mol. The SMILES string of the molecule is C[C@H]1CNCCN1CC(=O)Nc1cc(C(F)(F)F)cc(C(F)(F)F)c1. The first-order valence-corrected chi connectivity index (χ1v) is 7.51. The number of nitrogens with one attached hydrogen (secondary N) is 2. The highest BCUT2D eigenvalue weighted by Crippen LogP contribution is 2.37. The predicted molar refractivity (Wildman–Crippen MR) is 79.0 cm³/mol. The van der Waals surface area contributed by atoms with Crippen LogP contribution in [-0.4, -0.2) is 43.0 Å². The average Bonchev–Trinajstić information content (AvgIpc) is 2.47. The summed E-state index contributed by atoms with van der Waals surface area (Å²) in [6.45, 7) is 3.62. The van der Waals surface area contributed by atoms with Crippen molar-refractivity contribution < 1.29 is 31.1 Å². The summed E-state index contributed by atoms with van der Waals surface area (Å²) < 4.78 is 76.8. The number of nitrogens with zero attached hydrogens (tertiary/aromatic N) is 1. The third kappa shape index (κ3) is 5.33. The fraction of sp³-hybridized carbons (Fsp3) is 0.533. The Labute approximate surface area is 140 Å². The van der Waals surface area contributed by atoms with Crippen molar-refractivity contribution in [2.75, 3.05) is 31.5 Å². The molecule has 25 heavy (non-hydrogen) atoms. The average molecular weight is 369 g/mol. The van der Waals surface area contributed by atoms with Crippen molar-refractivity contribution in [3.05, 3.63) is 29.3 Å². The Kier molecular flexibility index (Phi) is 5.62. The minimum atomic E-state index is -4.95. The summed E-state index contributed by atoms with van der Waals surface area (Å²) in [5.41, 5.74) is -3.46. The van der Waals surface area contributed by atoms with E-state index in [1.165, 1.54) is 0 Å². The molecule has 1 fully saturated rings. The van der Waals surface area contributed by atoms with Gasteiger partial charge in [-0.2, -0.15) is 26.3 Å². The number of carbonyl (C=O) groups is 1. The van der Waals surface area contributed by atoms with Crippen LogP contribution in [0.5, 0.6) is 0 Å². The van der Waals surface area contributed by atoms with Crippen molar-refractivity contribution in [2.24, 2.45) is 0 Å². The number of carbonyl (C=O) groups excluding carboxylic acids is 1. The molecule has 2 N–H and O–H groups in total. The molecule has 0 aliphatic carbocycles. The quantitative estimate of drug-likeness (QED) is 0.806. The molecule has 1 saturated heterocycles. The molecule has 10 heteroatoms. The van der Waals surface area contributed by atoms with E-state index in [4.69, 9.17) is 0 Å². The van der Waals surface area contributed by atoms with Crippen molar-refractivity contribution in [3.8, 4) is 0 Å². The third-order valence-electron chi connectivity index (χ3n) is 3.86. The standard InChI is InChI=1S/C15H17F6N3O/c1-9-7-22-2-3-24(9)8-13(25)23-12-5-10(14(16,17)18)4-11(6-12)15(19,20)21/h4-6,9,22H,2-3,7-8H2,1H3,(H,23,25)/t9-/m0/s1. The van der Waals surface area contributed by atoms with Gasteiger partial charge in [0.1, 0.15) is 0 Å². The van der Waals surface area contributed by atoms with Gasteiger partial charge in [0, 0.05) is 31.4 Å². The van der Waals surface area contributed by atoms with Crippen molar-refractivity contribution in [1.82, 2.24) is 10.2 Å². The molecular weight excluding hydrogens is 352 g/mol. The molecule has 4 nitrogen and oxygen atoms in total. The summed E-state index contributed by atoms with van der Waals surface area (Å²) in [5.74, 6) is -0.666. The van der Waals surface area contributed by atoms with Crippen LogP contribution >= 0.6 is 0 Å². The molecular formula is C15H17F6N3O. The molecule has 0 saturated carbocycles. The van der Waals surface area contributed by atoms with Gasteiger partial charge >= 0.3 is 12.4 Å². The number of hydrogen-bond acceptors (Lipinski definition) is 3. The maximum Gasteiger partial charge on any atom is 0.416 e.